The van der Waals surface area contributed by atoms with E-state index in [1.807, 2.05) is 31.2 Å². The summed E-state index contributed by atoms with van der Waals surface area (Å²) in [5, 5.41) is 6.45. The Balaban J connectivity index is 1.83. The quantitative estimate of drug-likeness (QED) is 0.741. The van der Waals surface area contributed by atoms with Crippen LogP contribution in [0, 0.1) is 6.92 Å². The van der Waals surface area contributed by atoms with Crippen LogP contribution < -0.4 is 10.6 Å². The molecule has 0 radical (unpaired) electrons. The standard InChI is InChI=1S/C19H21ClN2O3/c1-13-5-3-4-6-15(13)12-22-18(23)9-10-21-17-11-14(19(24)25-2)7-8-16(17)20/h3-8,11,21H,9-10,12H2,1-2H3,(H,22,23). The van der Waals surface area contributed by atoms with Gasteiger partial charge in [-0.25, -0.2) is 4.79 Å². The lowest BCUT2D eigenvalue weighted by atomic mass is 10.1. The first-order valence-corrected chi connectivity index (χ1v) is 8.32. The molecule has 0 bridgehead atoms. The Morgan fingerprint density at radius 1 is 1.16 bits per heavy atom. The van der Waals surface area contributed by atoms with Crippen molar-refractivity contribution in [2.45, 2.75) is 19.9 Å². The van der Waals surface area contributed by atoms with Gasteiger partial charge >= 0.3 is 5.97 Å². The van der Waals surface area contributed by atoms with Gasteiger partial charge in [-0.1, -0.05) is 35.9 Å². The van der Waals surface area contributed by atoms with Crippen molar-refractivity contribution in [2.75, 3.05) is 19.0 Å². The average molecular weight is 361 g/mol. The van der Waals surface area contributed by atoms with E-state index in [1.165, 1.54) is 7.11 Å². The Kier molecular flexibility index (Phi) is 6.83. The minimum absolute atomic E-state index is 0.0593. The Labute approximate surface area is 152 Å². The molecular formula is C19H21ClN2O3. The molecule has 1 amide bonds. The van der Waals surface area contributed by atoms with E-state index >= 15 is 0 Å². The number of anilines is 1. The Bertz CT molecular complexity index is 762. The third kappa shape index (κ3) is 5.50. The van der Waals surface area contributed by atoms with E-state index in [-0.39, 0.29) is 5.91 Å². The zero-order valence-corrected chi connectivity index (χ0v) is 15.0. The molecular weight excluding hydrogens is 340 g/mol. The number of halogens is 1. The number of methoxy groups -OCH3 is 1. The first-order valence-electron chi connectivity index (χ1n) is 7.94. The molecule has 0 aliphatic carbocycles. The van der Waals surface area contributed by atoms with Crippen LogP contribution in [0.3, 0.4) is 0 Å². The molecule has 0 unspecified atom stereocenters. The smallest absolute Gasteiger partial charge is 0.337 e. The molecule has 0 aliphatic rings. The van der Waals surface area contributed by atoms with E-state index in [9.17, 15) is 9.59 Å². The molecule has 132 valence electrons. The number of benzene rings is 2. The summed E-state index contributed by atoms with van der Waals surface area (Å²) in [6.45, 7) is 2.92. The van der Waals surface area contributed by atoms with E-state index < -0.39 is 5.97 Å². The Morgan fingerprint density at radius 3 is 2.64 bits per heavy atom. The normalized spacial score (nSPS) is 10.2. The topological polar surface area (TPSA) is 67.4 Å². The molecule has 2 rings (SSSR count). The second kappa shape index (κ2) is 9.08. The number of nitrogens with one attached hydrogen (secondary N) is 2. The third-order valence-corrected chi connectivity index (χ3v) is 4.12. The van der Waals surface area contributed by atoms with Gasteiger partial charge in [-0.15, -0.1) is 0 Å². The summed E-state index contributed by atoms with van der Waals surface area (Å²) in [5.74, 6) is -0.494. The number of carbonyl (C=O) groups is 2. The summed E-state index contributed by atoms with van der Waals surface area (Å²) < 4.78 is 4.68. The molecule has 25 heavy (non-hydrogen) atoms. The number of ether oxygens (including phenoxy) is 1. The highest BCUT2D eigenvalue weighted by atomic mass is 35.5. The van der Waals surface area contributed by atoms with E-state index in [1.54, 1.807) is 18.2 Å². The van der Waals surface area contributed by atoms with Crippen LogP contribution in [-0.2, 0) is 16.1 Å². The molecule has 0 atom stereocenters. The molecule has 2 aromatic carbocycles. The lowest BCUT2D eigenvalue weighted by molar-refractivity contribution is -0.121. The fourth-order valence-corrected chi connectivity index (χ4v) is 2.49. The van der Waals surface area contributed by atoms with Gasteiger partial charge < -0.3 is 15.4 Å². The van der Waals surface area contributed by atoms with Crippen molar-refractivity contribution in [3.8, 4) is 0 Å². The number of amides is 1. The number of carbonyl (C=O) groups excluding carboxylic acids is 2. The predicted molar refractivity (Wildman–Crippen MR) is 98.9 cm³/mol. The van der Waals surface area contributed by atoms with Gasteiger partial charge in [0.2, 0.25) is 5.91 Å². The lowest BCUT2D eigenvalue weighted by Gasteiger charge is -2.11. The van der Waals surface area contributed by atoms with Gasteiger partial charge in [0, 0.05) is 19.5 Å². The van der Waals surface area contributed by atoms with E-state index in [4.69, 9.17) is 11.6 Å². The molecule has 0 aromatic heterocycles. The van der Waals surface area contributed by atoms with Gasteiger partial charge in [0.1, 0.15) is 0 Å². The third-order valence-electron chi connectivity index (χ3n) is 3.79. The van der Waals surface area contributed by atoms with Crippen LogP contribution in [0.5, 0.6) is 0 Å². The molecule has 6 heteroatoms. The molecule has 2 N–H and O–H groups in total. The fraction of sp³-hybridized carbons (Fsp3) is 0.263. The first-order chi connectivity index (χ1) is 12.0. The summed E-state index contributed by atoms with van der Waals surface area (Å²) >= 11 is 6.10. The van der Waals surface area contributed by atoms with Crippen molar-refractivity contribution < 1.29 is 14.3 Å². The number of aryl methyl sites for hydroxylation is 1. The zero-order chi connectivity index (χ0) is 18.2. The van der Waals surface area contributed by atoms with Gasteiger partial charge in [0.05, 0.1) is 23.4 Å². The van der Waals surface area contributed by atoms with Crippen LogP contribution in [-0.4, -0.2) is 25.5 Å². The SMILES string of the molecule is COC(=O)c1ccc(Cl)c(NCCC(=O)NCc2ccccc2C)c1. The van der Waals surface area contributed by atoms with Crippen LogP contribution in [0.2, 0.25) is 5.02 Å². The molecule has 0 spiro atoms. The maximum absolute atomic E-state index is 12.0. The van der Waals surface area contributed by atoms with Crippen LogP contribution >= 0.6 is 11.6 Å². The van der Waals surface area contributed by atoms with Crippen molar-refractivity contribution in [2.24, 2.45) is 0 Å². The van der Waals surface area contributed by atoms with Crippen LogP contribution in [0.1, 0.15) is 27.9 Å². The second-order valence-corrected chi connectivity index (χ2v) is 5.97. The molecule has 5 nitrogen and oxygen atoms in total. The lowest BCUT2D eigenvalue weighted by Crippen LogP contribution is -2.25. The highest BCUT2D eigenvalue weighted by Crippen LogP contribution is 2.23. The minimum Gasteiger partial charge on any atom is -0.465 e. The molecule has 0 saturated carbocycles. The number of rotatable bonds is 7. The van der Waals surface area contributed by atoms with E-state index in [2.05, 4.69) is 15.4 Å². The summed E-state index contributed by atoms with van der Waals surface area (Å²) in [4.78, 5) is 23.5. The largest absolute Gasteiger partial charge is 0.465 e. The van der Waals surface area contributed by atoms with Crippen LogP contribution in [0.4, 0.5) is 5.69 Å². The summed E-state index contributed by atoms with van der Waals surface area (Å²) in [6, 6.07) is 12.7. The molecule has 2 aromatic rings. The van der Waals surface area contributed by atoms with Crippen LogP contribution in [0.15, 0.2) is 42.5 Å². The fourth-order valence-electron chi connectivity index (χ4n) is 2.31. The molecule has 0 fully saturated rings. The predicted octanol–water partition coefficient (Wildman–Crippen LogP) is 3.55. The number of hydrogen-bond donors (Lipinski definition) is 2. The van der Waals surface area contributed by atoms with Crippen molar-refractivity contribution >= 4 is 29.2 Å². The van der Waals surface area contributed by atoms with Crippen molar-refractivity contribution in [1.29, 1.82) is 0 Å². The molecule has 0 heterocycles. The van der Waals surface area contributed by atoms with Crippen molar-refractivity contribution in [3.05, 3.63) is 64.2 Å². The molecule has 0 aliphatic heterocycles. The monoisotopic (exact) mass is 360 g/mol. The summed E-state index contributed by atoms with van der Waals surface area (Å²) in [6.07, 6.45) is 0.296. The maximum Gasteiger partial charge on any atom is 0.337 e. The van der Waals surface area contributed by atoms with Gasteiger partial charge in [-0.3, -0.25) is 4.79 Å². The minimum atomic E-state index is -0.435. The first kappa shape index (κ1) is 18.8. The Hall–Kier alpha value is -2.53. The highest BCUT2D eigenvalue weighted by Gasteiger charge is 2.09. The summed E-state index contributed by atoms with van der Waals surface area (Å²) in [7, 11) is 1.32. The molecule has 0 saturated heterocycles. The Morgan fingerprint density at radius 2 is 1.92 bits per heavy atom. The van der Waals surface area contributed by atoms with E-state index in [0.29, 0.717) is 35.8 Å². The van der Waals surface area contributed by atoms with Crippen LogP contribution in [0.25, 0.3) is 0 Å². The summed E-state index contributed by atoms with van der Waals surface area (Å²) in [5.41, 5.74) is 3.24. The van der Waals surface area contributed by atoms with Crippen molar-refractivity contribution in [3.63, 3.8) is 0 Å². The van der Waals surface area contributed by atoms with Gasteiger partial charge in [0.15, 0.2) is 0 Å². The van der Waals surface area contributed by atoms with E-state index in [0.717, 1.165) is 11.1 Å². The number of esters is 1. The highest BCUT2D eigenvalue weighted by molar-refractivity contribution is 6.33. The van der Waals surface area contributed by atoms with Gasteiger partial charge in [-0.05, 0) is 36.2 Å². The van der Waals surface area contributed by atoms with Gasteiger partial charge in [-0.2, -0.15) is 0 Å². The van der Waals surface area contributed by atoms with Crippen molar-refractivity contribution in [1.82, 2.24) is 5.32 Å². The number of hydrogen-bond acceptors (Lipinski definition) is 4. The second-order valence-electron chi connectivity index (χ2n) is 5.57. The zero-order valence-electron chi connectivity index (χ0n) is 14.3. The van der Waals surface area contributed by atoms with Gasteiger partial charge in [0.25, 0.3) is 0 Å². The average Bonchev–Trinajstić information content (AvgIpc) is 2.62. The maximum atomic E-state index is 12.0.